The minimum atomic E-state index is -0.801. The van der Waals surface area contributed by atoms with Gasteiger partial charge in [0.05, 0.1) is 34.0 Å². The van der Waals surface area contributed by atoms with Crippen LogP contribution in [0.15, 0.2) is 109 Å². The zero-order valence-corrected chi connectivity index (χ0v) is 28.7. The number of carbonyl (C=O) groups is 1. The van der Waals surface area contributed by atoms with E-state index in [-0.39, 0.29) is 12.2 Å². The SMILES string of the molecule is CCOC(=O)C1=C(C)N=c2s/c(=C\c3ccc(OCc4ccc(Br)cc4)c(Br)c3)c(=O)n2[C@@H]1c1c(OC)ccc2ccccc12. The predicted octanol–water partition coefficient (Wildman–Crippen LogP) is 7.06. The average molecular weight is 748 g/mol. The van der Waals surface area contributed by atoms with Crippen molar-refractivity contribution >= 4 is 66.0 Å². The fourth-order valence-electron chi connectivity index (χ4n) is 5.42. The van der Waals surface area contributed by atoms with Crippen LogP contribution < -0.4 is 24.4 Å². The van der Waals surface area contributed by atoms with Crippen LogP contribution in [-0.2, 0) is 16.1 Å². The van der Waals surface area contributed by atoms with Crippen LogP contribution in [0.2, 0.25) is 0 Å². The molecule has 10 heteroatoms. The number of methoxy groups -OCH3 is 1. The van der Waals surface area contributed by atoms with E-state index in [1.54, 1.807) is 25.5 Å². The number of allylic oxidation sites excluding steroid dienone is 1. The van der Waals surface area contributed by atoms with E-state index in [0.29, 0.717) is 44.3 Å². The molecule has 228 valence electrons. The van der Waals surface area contributed by atoms with Gasteiger partial charge in [-0.25, -0.2) is 9.79 Å². The standard InChI is InChI=1S/C35H28Br2N2O5S/c1-4-43-34(41)30-20(2)38-35-39(32(30)31-25-8-6-5-7-23(25)12-16-28(31)42-3)33(40)29(45-35)18-22-11-15-27(26(37)17-22)44-19-21-9-13-24(36)14-10-21/h5-18,32H,4,19H2,1-3H3/b29-18-/t32-/m0/s1. The molecule has 0 bridgehead atoms. The van der Waals surface area contributed by atoms with Crippen molar-refractivity contribution < 1.29 is 19.0 Å². The summed E-state index contributed by atoms with van der Waals surface area (Å²) < 4.78 is 21.2. The van der Waals surface area contributed by atoms with Gasteiger partial charge in [0, 0.05) is 10.0 Å². The van der Waals surface area contributed by atoms with Crippen molar-refractivity contribution in [1.82, 2.24) is 4.57 Å². The molecule has 5 aromatic rings. The monoisotopic (exact) mass is 746 g/mol. The minimum absolute atomic E-state index is 0.192. The summed E-state index contributed by atoms with van der Waals surface area (Å²) >= 11 is 8.35. The van der Waals surface area contributed by atoms with Gasteiger partial charge < -0.3 is 14.2 Å². The van der Waals surface area contributed by atoms with Gasteiger partial charge in [-0.05, 0) is 88.1 Å². The number of benzene rings is 4. The first-order valence-corrected chi connectivity index (χ1v) is 16.6. The number of nitrogens with zero attached hydrogens (tertiary/aromatic N) is 2. The summed E-state index contributed by atoms with van der Waals surface area (Å²) in [5, 5.41) is 1.83. The van der Waals surface area contributed by atoms with Crippen LogP contribution in [0, 0.1) is 0 Å². The Balaban J connectivity index is 1.45. The summed E-state index contributed by atoms with van der Waals surface area (Å²) in [4.78, 5) is 32.9. The highest BCUT2D eigenvalue weighted by atomic mass is 79.9. The number of halogens is 2. The van der Waals surface area contributed by atoms with Crippen molar-refractivity contribution in [3.05, 3.63) is 135 Å². The topological polar surface area (TPSA) is 79.1 Å². The van der Waals surface area contributed by atoms with E-state index in [4.69, 9.17) is 19.2 Å². The Morgan fingerprint density at radius 3 is 2.51 bits per heavy atom. The number of fused-ring (bicyclic) bond motifs is 2. The fourth-order valence-corrected chi connectivity index (χ4v) is 7.24. The van der Waals surface area contributed by atoms with Crippen LogP contribution in [0.3, 0.4) is 0 Å². The largest absolute Gasteiger partial charge is 0.496 e. The molecule has 1 aromatic heterocycles. The van der Waals surface area contributed by atoms with Crippen LogP contribution in [0.4, 0.5) is 0 Å². The average Bonchev–Trinajstić information content (AvgIpc) is 3.34. The molecule has 0 aliphatic carbocycles. The van der Waals surface area contributed by atoms with Crippen molar-refractivity contribution in [3.8, 4) is 11.5 Å². The number of thiazole rings is 1. The predicted molar refractivity (Wildman–Crippen MR) is 184 cm³/mol. The molecule has 0 N–H and O–H groups in total. The molecule has 7 nitrogen and oxygen atoms in total. The van der Waals surface area contributed by atoms with Gasteiger partial charge in [0.25, 0.3) is 5.56 Å². The molecular formula is C35H28Br2N2O5S. The molecule has 2 heterocycles. The fraction of sp³-hybridized carbons (Fsp3) is 0.171. The Morgan fingerprint density at radius 1 is 1.02 bits per heavy atom. The van der Waals surface area contributed by atoms with Gasteiger partial charge in [-0.15, -0.1) is 0 Å². The van der Waals surface area contributed by atoms with Crippen molar-refractivity contribution in [2.75, 3.05) is 13.7 Å². The normalized spacial score (nSPS) is 14.7. The number of aromatic nitrogens is 1. The summed E-state index contributed by atoms with van der Waals surface area (Å²) in [6.45, 7) is 4.14. The third kappa shape index (κ3) is 6.14. The molecule has 1 aliphatic heterocycles. The molecule has 0 saturated carbocycles. The summed E-state index contributed by atoms with van der Waals surface area (Å²) in [6, 6.07) is 24.5. The number of hydrogen-bond acceptors (Lipinski definition) is 7. The lowest BCUT2D eigenvalue weighted by atomic mass is 9.90. The Labute approximate surface area is 280 Å². The maximum absolute atomic E-state index is 14.2. The van der Waals surface area contributed by atoms with Crippen LogP contribution in [0.5, 0.6) is 11.5 Å². The molecule has 45 heavy (non-hydrogen) atoms. The second-order valence-corrected chi connectivity index (χ2v) is 13.1. The second-order valence-electron chi connectivity index (χ2n) is 10.3. The van der Waals surface area contributed by atoms with E-state index in [1.807, 2.05) is 84.9 Å². The van der Waals surface area contributed by atoms with Crippen molar-refractivity contribution in [1.29, 1.82) is 0 Å². The first-order chi connectivity index (χ1) is 21.8. The first kappa shape index (κ1) is 31.0. The second kappa shape index (κ2) is 13.2. The molecule has 0 radical (unpaired) electrons. The van der Waals surface area contributed by atoms with E-state index in [9.17, 15) is 9.59 Å². The molecule has 0 amide bonds. The van der Waals surface area contributed by atoms with E-state index < -0.39 is 12.0 Å². The maximum Gasteiger partial charge on any atom is 0.338 e. The van der Waals surface area contributed by atoms with Crippen LogP contribution in [0.25, 0.3) is 16.8 Å². The van der Waals surface area contributed by atoms with Gasteiger partial charge in [0.2, 0.25) is 0 Å². The number of ether oxygens (including phenoxy) is 3. The number of hydrogen-bond donors (Lipinski definition) is 0. The third-order valence-corrected chi connectivity index (χ3v) is 9.63. The first-order valence-electron chi connectivity index (χ1n) is 14.2. The van der Waals surface area contributed by atoms with Crippen LogP contribution in [-0.4, -0.2) is 24.3 Å². The Hall–Kier alpha value is -3.99. The van der Waals surface area contributed by atoms with Crippen molar-refractivity contribution in [2.24, 2.45) is 4.99 Å². The zero-order chi connectivity index (χ0) is 31.7. The molecule has 0 spiro atoms. The Bertz CT molecular complexity index is 2150. The Kier molecular flexibility index (Phi) is 9.07. The van der Waals surface area contributed by atoms with E-state index in [1.165, 1.54) is 11.3 Å². The zero-order valence-electron chi connectivity index (χ0n) is 24.7. The summed E-state index contributed by atoms with van der Waals surface area (Å²) in [7, 11) is 1.59. The molecule has 6 rings (SSSR count). The lowest BCUT2D eigenvalue weighted by Gasteiger charge is -2.27. The quantitative estimate of drug-likeness (QED) is 0.159. The van der Waals surface area contributed by atoms with Crippen molar-refractivity contribution in [3.63, 3.8) is 0 Å². The molecule has 0 fully saturated rings. The van der Waals surface area contributed by atoms with Gasteiger partial charge in [0.15, 0.2) is 4.80 Å². The van der Waals surface area contributed by atoms with Crippen molar-refractivity contribution in [2.45, 2.75) is 26.5 Å². The third-order valence-electron chi connectivity index (χ3n) is 7.50. The van der Waals surface area contributed by atoms with Crippen LogP contribution in [0.1, 0.15) is 36.6 Å². The highest BCUT2D eigenvalue weighted by Gasteiger charge is 2.36. The number of rotatable bonds is 8. The van der Waals surface area contributed by atoms with Gasteiger partial charge in [-0.1, -0.05) is 75.8 Å². The number of carbonyl (C=O) groups excluding carboxylic acids is 1. The van der Waals surface area contributed by atoms with Gasteiger partial charge in [-0.2, -0.15) is 0 Å². The molecule has 4 aromatic carbocycles. The lowest BCUT2D eigenvalue weighted by molar-refractivity contribution is -0.139. The van der Waals surface area contributed by atoms with Gasteiger partial charge in [-0.3, -0.25) is 9.36 Å². The highest BCUT2D eigenvalue weighted by Crippen LogP contribution is 2.40. The molecule has 1 aliphatic rings. The number of esters is 1. The highest BCUT2D eigenvalue weighted by molar-refractivity contribution is 9.10. The summed E-state index contributed by atoms with van der Waals surface area (Å²) in [5.74, 6) is 0.734. The minimum Gasteiger partial charge on any atom is -0.496 e. The lowest BCUT2D eigenvalue weighted by Crippen LogP contribution is -2.40. The van der Waals surface area contributed by atoms with Crippen LogP contribution >= 0.6 is 43.2 Å². The van der Waals surface area contributed by atoms with E-state index in [0.717, 1.165) is 30.8 Å². The molecule has 0 saturated heterocycles. The molecular weight excluding hydrogens is 720 g/mol. The Morgan fingerprint density at radius 2 is 1.78 bits per heavy atom. The molecule has 0 unspecified atom stereocenters. The van der Waals surface area contributed by atoms with E-state index >= 15 is 0 Å². The maximum atomic E-state index is 14.2. The van der Waals surface area contributed by atoms with E-state index in [2.05, 4.69) is 31.9 Å². The summed E-state index contributed by atoms with van der Waals surface area (Å²) in [6.07, 6.45) is 1.83. The van der Waals surface area contributed by atoms with Gasteiger partial charge >= 0.3 is 5.97 Å². The summed E-state index contributed by atoms with van der Waals surface area (Å²) in [5.41, 5.74) is 3.10. The molecule has 1 atom stereocenters. The van der Waals surface area contributed by atoms with Gasteiger partial charge in [0.1, 0.15) is 24.1 Å². The smallest absolute Gasteiger partial charge is 0.338 e.